The van der Waals surface area contributed by atoms with Crippen LogP contribution in [0, 0.1) is 0 Å². The van der Waals surface area contributed by atoms with E-state index in [4.69, 9.17) is 0 Å². The average molecular weight is 231 g/mol. The molecule has 0 aromatic heterocycles. The Morgan fingerprint density at radius 2 is 1.65 bits per heavy atom. The predicted molar refractivity (Wildman–Crippen MR) is 75.7 cm³/mol. The van der Waals surface area contributed by atoms with E-state index >= 15 is 0 Å². The highest BCUT2D eigenvalue weighted by atomic mass is 15.1. The molecular weight excluding hydrogens is 206 g/mol. The van der Waals surface area contributed by atoms with Crippen molar-refractivity contribution in [2.75, 3.05) is 18.0 Å². The lowest BCUT2D eigenvalue weighted by Gasteiger charge is -2.17. The lowest BCUT2D eigenvalue weighted by atomic mass is 10.1. The van der Waals surface area contributed by atoms with Crippen molar-refractivity contribution in [2.45, 2.75) is 51.9 Å². The van der Waals surface area contributed by atoms with Gasteiger partial charge < -0.3 is 4.90 Å². The van der Waals surface area contributed by atoms with Crippen LogP contribution >= 0.6 is 0 Å². The second kappa shape index (κ2) is 6.68. The van der Waals surface area contributed by atoms with Crippen molar-refractivity contribution in [2.24, 2.45) is 0 Å². The molecule has 17 heavy (non-hydrogen) atoms. The molecule has 1 aromatic carbocycles. The first-order valence-corrected chi connectivity index (χ1v) is 7.24. The molecule has 1 fully saturated rings. The molecule has 1 aliphatic heterocycles. The van der Waals surface area contributed by atoms with Crippen LogP contribution in [-0.2, 0) is 6.42 Å². The summed E-state index contributed by atoms with van der Waals surface area (Å²) < 4.78 is 0. The molecule has 94 valence electrons. The first-order valence-electron chi connectivity index (χ1n) is 7.24. The smallest absolute Gasteiger partial charge is 0.0366 e. The molecule has 0 radical (unpaired) electrons. The van der Waals surface area contributed by atoms with Crippen LogP contribution in [0.4, 0.5) is 5.69 Å². The molecule has 1 heteroatoms. The summed E-state index contributed by atoms with van der Waals surface area (Å²) in [6, 6.07) is 9.25. The molecule has 0 unspecified atom stereocenters. The molecule has 1 nitrogen and oxygen atoms in total. The Bertz CT molecular complexity index is 309. The second-order valence-corrected chi connectivity index (χ2v) is 5.17. The van der Waals surface area contributed by atoms with Crippen molar-refractivity contribution in [1.29, 1.82) is 0 Å². The van der Waals surface area contributed by atoms with E-state index in [1.807, 2.05) is 0 Å². The molecule has 1 saturated heterocycles. The Hall–Kier alpha value is -0.980. The highest BCUT2D eigenvalue weighted by molar-refractivity contribution is 5.48. The minimum absolute atomic E-state index is 1.25. The van der Waals surface area contributed by atoms with E-state index in [9.17, 15) is 0 Å². The number of anilines is 1. The minimum Gasteiger partial charge on any atom is -0.372 e. The Morgan fingerprint density at radius 3 is 2.29 bits per heavy atom. The maximum atomic E-state index is 2.50. The maximum Gasteiger partial charge on any atom is 0.0366 e. The lowest BCUT2D eigenvalue weighted by molar-refractivity contribution is 0.667. The van der Waals surface area contributed by atoms with E-state index in [0.717, 1.165) is 0 Å². The molecule has 0 bridgehead atoms. The molecule has 2 rings (SSSR count). The van der Waals surface area contributed by atoms with Crippen LogP contribution in [0.2, 0.25) is 0 Å². The van der Waals surface area contributed by atoms with Gasteiger partial charge in [-0.1, -0.05) is 38.3 Å². The van der Waals surface area contributed by atoms with Gasteiger partial charge in [0, 0.05) is 18.8 Å². The van der Waals surface area contributed by atoms with Crippen molar-refractivity contribution in [3.63, 3.8) is 0 Å². The third-order valence-electron chi connectivity index (χ3n) is 3.73. The van der Waals surface area contributed by atoms with Gasteiger partial charge in [0.05, 0.1) is 0 Å². The van der Waals surface area contributed by atoms with Gasteiger partial charge in [-0.25, -0.2) is 0 Å². The van der Waals surface area contributed by atoms with Gasteiger partial charge in [0.1, 0.15) is 0 Å². The fraction of sp³-hybridized carbons (Fsp3) is 0.625. The SMILES string of the molecule is CCCCCCc1ccc(N2CCCC2)cc1. The number of rotatable bonds is 6. The van der Waals surface area contributed by atoms with Crippen molar-refractivity contribution >= 4 is 5.69 Å². The average Bonchev–Trinajstić information content (AvgIpc) is 2.89. The lowest BCUT2D eigenvalue weighted by Crippen LogP contribution is -2.17. The summed E-state index contributed by atoms with van der Waals surface area (Å²) in [4.78, 5) is 2.50. The molecule has 0 spiro atoms. The number of aryl methyl sites for hydroxylation is 1. The quantitative estimate of drug-likeness (QED) is 0.655. The van der Waals surface area contributed by atoms with E-state index in [2.05, 4.69) is 36.1 Å². The van der Waals surface area contributed by atoms with Crippen LogP contribution in [0.3, 0.4) is 0 Å². The molecular formula is C16H25N. The number of nitrogens with zero attached hydrogens (tertiary/aromatic N) is 1. The third-order valence-corrected chi connectivity index (χ3v) is 3.73. The Kier molecular flexibility index (Phi) is 4.90. The van der Waals surface area contributed by atoms with Crippen LogP contribution in [0.5, 0.6) is 0 Å². The Morgan fingerprint density at radius 1 is 0.941 bits per heavy atom. The molecule has 0 amide bonds. The standard InChI is InChI=1S/C16H25N/c1-2-3-4-5-8-15-9-11-16(12-10-15)17-13-6-7-14-17/h9-12H,2-8,13-14H2,1H3. The highest BCUT2D eigenvalue weighted by Crippen LogP contribution is 2.21. The topological polar surface area (TPSA) is 3.24 Å². The van der Waals surface area contributed by atoms with Gasteiger partial charge in [-0.15, -0.1) is 0 Å². The van der Waals surface area contributed by atoms with Crippen LogP contribution < -0.4 is 4.90 Å². The monoisotopic (exact) mass is 231 g/mol. The van der Waals surface area contributed by atoms with E-state index in [0.29, 0.717) is 0 Å². The maximum absolute atomic E-state index is 2.50. The summed E-state index contributed by atoms with van der Waals surface area (Å²) in [7, 11) is 0. The summed E-state index contributed by atoms with van der Waals surface area (Å²) >= 11 is 0. The number of benzene rings is 1. The van der Waals surface area contributed by atoms with Crippen molar-refractivity contribution in [3.8, 4) is 0 Å². The zero-order valence-corrected chi connectivity index (χ0v) is 11.1. The third kappa shape index (κ3) is 3.76. The summed E-state index contributed by atoms with van der Waals surface area (Å²) in [5, 5.41) is 0. The zero-order chi connectivity index (χ0) is 11.9. The molecule has 0 aliphatic carbocycles. The molecule has 1 aromatic rings. The Balaban J connectivity index is 1.80. The molecule has 0 N–H and O–H groups in total. The molecule has 1 aliphatic rings. The van der Waals surface area contributed by atoms with Crippen LogP contribution in [-0.4, -0.2) is 13.1 Å². The Labute approximate surface area is 106 Å². The summed E-state index contributed by atoms with van der Waals surface area (Å²) in [5.74, 6) is 0. The largest absolute Gasteiger partial charge is 0.372 e. The predicted octanol–water partition coefficient (Wildman–Crippen LogP) is 4.41. The molecule has 1 heterocycles. The van der Waals surface area contributed by atoms with Crippen LogP contribution in [0.15, 0.2) is 24.3 Å². The fourth-order valence-corrected chi connectivity index (χ4v) is 2.60. The van der Waals surface area contributed by atoms with Gasteiger partial charge >= 0.3 is 0 Å². The number of hydrogen-bond acceptors (Lipinski definition) is 1. The van der Waals surface area contributed by atoms with Gasteiger partial charge in [-0.05, 0) is 43.4 Å². The summed E-state index contributed by atoms with van der Waals surface area (Å²) in [5.41, 5.74) is 2.92. The van der Waals surface area contributed by atoms with E-state index in [-0.39, 0.29) is 0 Å². The zero-order valence-electron chi connectivity index (χ0n) is 11.1. The van der Waals surface area contributed by atoms with E-state index in [1.54, 1.807) is 0 Å². The van der Waals surface area contributed by atoms with Crippen molar-refractivity contribution < 1.29 is 0 Å². The van der Waals surface area contributed by atoms with Crippen molar-refractivity contribution in [1.82, 2.24) is 0 Å². The number of hydrogen-bond donors (Lipinski definition) is 0. The summed E-state index contributed by atoms with van der Waals surface area (Å²) in [6.07, 6.45) is 9.40. The molecule has 0 saturated carbocycles. The first-order chi connectivity index (χ1) is 8.40. The van der Waals surface area contributed by atoms with Crippen LogP contribution in [0.1, 0.15) is 51.0 Å². The van der Waals surface area contributed by atoms with Gasteiger partial charge in [0.2, 0.25) is 0 Å². The van der Waals surface area contributed by atoms with Gasteiger partial charge in [0.15, 0.2) is 0 Å². The second-order valence-electron chi connectivity index (χ2n) is 5.17. The number of unbranched alkanes of at least 4 members (excludes halogenated alkanes) is 3. The normalized spacial score (nSPS) is 15.5. The van der Waals surface area contributed by atoms with Crippen LogP contribution in [0.25, 0.3) is 0 Å². The van der Waals surface area contributed by atoms with E-state index in [1.165, 1.54) is 69.3 Å². The first kappa shape index (κ1) is 12.5. The minimum atomic E-state index is 1.25. The van der Waals surface area contributed by atoms with E-state index < -0.39 is 0 Å². The van der Waals surface area contributed by atoms with Gasteiger partial charge in [-0.2, -0.15) is 0 Å². The van der Waals surface area contributed by atoms with Gasteiger partial charge in [-0.3, -0.25) is 0 Å². The fourth-order valence-electron chi connectivity index (χ4n) is 2.60. The summed E-state index contributed by atoms with van der Waals surface area (Å²) in [6.45, 7) is 4.76. The molecule has 0 atom stereocenters. The highest BCUT2D eigenvalue weighted by Gasteiger charge is 2.11. The van der Waals surface area contributed by atoms with Crippen molar-refractivity contribution in [3.05, 3.63) is 29.8 Å². The van der Waals surface area contributed by atoms with Gasteiger partial charge in [0.25, 0.3) is 0 Å².